The van der Waals surface area contributed by atoms with Crippen LogP contribution in [0.4, 0.5) is 0 Å². The molecule has 0 amide bonds. The molecule has 1 aromatic rings. The van der Waals surface area contributed by atoms with Crippen LogP contribution >= 0.6 is 0 Å². The summed E-state index contributed by atoms with van der Waals surface area (Å²) in [7, 11) is 0. The van der Waals surface area contributed by atoms with E-state index >= 15 is 0 Å². The van der Waals surface area contributed by atoms with Crippen molar-refractivity contribution in [2.24, 2.45) is 0 Å². The molecule has 0 atom stereocenters. The standard InChI is InChI=1S/C12H8N2/c1-2-4-10-9(3-1)7-13-8-12-11(10)5-6-14-12/h1-8H. The average Bonchev–Trinajstić information content (AvgIpc) is 2.61. The molecule has 0 N–H and O–H groups in total. The molecule has 66 valence electrons. The Morgan fingerprint density at radius 2 is 1.86 bits per heavy atom. The van der Waals surface area contributed by atoms with Crippen molar-refractivity contribution >= 4 is 10.8 Å². The van der Waals surface area contributed by atoms with Crippen LogP contribution in [0.2, 0.25) is 0 Å². The number of aromatic nitrogens is 2. The smallest absolute Gasteiger partial charge is 0.0891 e. The maximum Gasteiger partial charge on any atom is 0.0891 e. The normalized spacial score (nSPS) is 10.9. The molecule has 2 heterocycles. The van der Waals surface area contributed by atoms with Gasteiger partial charge in [-0.1, -0.05) is 24.3 Å². The summed E-state index contributed by atoms with van der Waals surface area (Å²) in [5, 5.41) is 2.35. The molecule has 0 spiro atoms. The van der Waals surface area contributed by atoms with E-state index in [1.165, 1.54) is 5.39 Å². The van der Waals surface area contributed by atoms with E-state index in [-0.39, 0.29) is 0 Å². The van der Waals surface area contributed by atoms with Crippen LogP contribution in [-0.4, -0.2) is 9.97 Å². The van der Waals surface area contributed by atoms with E-state index in [1.54, 1.807) is 6.20 Å². The van der Waals surface area contributed by atoms with Crippen molar-refractivity contribution in [3.05, 3.63) is 48.9 Å². The lowest BCUT2D eigenvalue weighted by molar-refractivity contribution is 1.32. The van der Waals surface area contributed by atoms with Crippen molar-refractivity contribution in [1.82, 2.24) is 9.97 Å². The molecule has 2 heteroatoms. The molecule has 0 bridgehead atoms. The first-order chi connectivity index (χ1) is 6.95. The SMILES string of the molecule is c1ccc2c3ccnc-3cncc2c1. The van der Waals surface area contributed by atoms with Crippen molar-refractivity contribution in [3.8, 4) is 11.3 Å². The Hall–Kier alpha value is -1.96. The highest BCUT2D eigenvalue weighted by atomic mass is 14.7. The predicted molar refractivity (Wildman–Crippen MR) is 56.2 cm³/mol. The Morgan fingerprint density at radius 1 is 0.929 bits per heavy atom. The largest absolute Gasteiger partial charge is 0.262 e. The van der Waals surface area contributed by atoms with Gasteiger partial charge < -0.3 is 0 Å². The fraction of sp³-hybridized carbons (Fsp3) is 0. The minimum absolute atomic E-state index is 0.950. The summed E-state index contributed by atoms with van der Waals surface area (Å²) >= 11 is 0. The van der Waals surface area contributed by atoms with Crippen LogP contribution in [-0.2, 0) is 0 Å². The molecular weight excluding hydrogens is 172 g/mol. The quantitative estimate of drug-likeness (QED) is 0.531. The van der Waals surface area contributed by atoms with Crippen molar-refractivity contribution in [2.45, 2.75) is 0 Å². The van der Waals surface area contributed by atoms with Gasteiger partial charge in [0.1, 0.15) is 0 Å². The van der Waals surface area contributed by atoms with Gasteiger partial charge in [-0.05, 0) is 11.5 Å². The van der Waals surface area contributed by atoms with Crippen molar-refractivity contribution < 1.29 is 0 Å². The highest BCUT2D eigenvalue weighted by Crippen LogP contribution is 2.26. The topological polar surface area (TPSA) is 25.8 Å². The first-order valence-electron chi connectivity index (χ1n) is 4.52. The van der Waals surface area contributed by atoms with E-state index in [9.17, 15) is 0 Å². The molecule has 0 saturated heterocycles. The van der Waals surface area contributed by atoms with Gasteiger partial charge in [-0.2, -0.15) is 0 Å². The molecule has 2 aliphatic rings. The average molecular weight is 180 g/mol. The Labute approximate surface area is 81.6 Å². The molecule has 0 radical (unpaired) electrons. The van der Waals surface area contributed by atoms with Gasteiger partial charge in [-0.15, -0.1) is 0 Å². The molecule has 14 heavy (non-hydrogen) atoms. The van der Waals surface area contributed by atoms with E-state index in [0.29, 0.717) is 0 Å². The third kappa shape index (κ3) is 0.973. The van der Waals surface area contributed by atoms with Crippen molar-refractivity contribution in [1.29, 1.82) is 0 Å². The van der Waals surface area contributed by atoms with Gasteiger partial charge >= 0.3 is 0 Å². The van der Waals surface area contributed by atoms with E-state index in [2.05, 4.69) is 22.1 Å². The molecule has 0 aromatic heterocycles. The van der Waals surface area contributed by atoms with E-state index in [0.717, 1.165) is 16.6 Å². The molecule has 1 aromatic carbocycles. The van der Waals surface area contributed by atoms with Crippen LogP contribution in [0.25, 0.3) is 22.0 Å². The summed E-state index contributed by atoms with van der Waals surface area (Å²) < 4.78 is 0. The number of fused-ring (bicyclic) bond motifs is 3. The number of rotatable bonds is 0. The fourth-order valence-corrected chi connectivity index (χ4v) is 1.72. The zero-order valence-corrected chi connectivity index (χ0v) is 7.51. The van der Waals surface area contributed by atoms with Crippen LogP contribution in [0.15, 0.2) is 48.9 Å². The highest BCUT2D eigenvalue weighted by Gasteiger charge is 2.05. The lowest BCUT2D eigenvalue weighted by Gasteiger charge is -1.94. The van der Waals surface area contributed by atoms with Crippen molar-refractivity contribution in [2.75, 3.05) is 0 Å². The molecule has 3 rings (SSSR count). The summed E-state index contributed by atoms with van der Waals surface area (Å²) in [6.45, 7) is 0. The van der Waals surface area contributed by atoms with Gasteiger partial charge in [0.2, 0.25) is 0 Å². The van der Waals surface area contributed by atoms with Gasteiger partial charge in [-0.3, -0.25) is 9.97 Å². The zero-order chi connectivity index (χ0) is 9.38. The second-order valence-electron chi connectivity index (χ2n) is 3.24. The molecular formula is C12H8N2. The van der Waals surface area contributed by atoms with Crippen molar-refractivity contribution in [3.63, 3.8) is 0 Å². The number of hydrogen-bond acceptors (Lipinski definition) is 2. The lowest BCUT2D eigenvalue weighted by Crippen LogP contribution is -1.72. The second kappa shape index (κ2) is 2.77. The number of nitrogens with zero attached hydrogens (tertiary/aromatic N) is 2. The van der Waals surface area contributed by atoms with Crippen LogP contribution in [0, 0.1) is 0 Å². The Bertz CT molecular complexity index is 560. The van der Waals surface area contributed by atoms with Gasteiger partial charge in [0, 0.05) is 23.3 Å². The maximum atomic E-state index is 4.25. The first kappa shape index (κ1) is 7.44. The van der Waals surface area contributed by atoms with Crippen LogP contribution < -0.4 is 0 Å². The molecule has 2 nitrogen and oxygen atoms in total. The van der Waals surface area contributed by atoms with Crippen LogP contribution in [0.5, 0.6) is 0 Å². The second-order valence-corrected chi connectivity index (χ2v) is 3.24. The predicted octanol–water partition coefficient (Wildman–Crippen LogP) is 2.73. The summed E-state index contributed by atoms with van der Waals surface area (Å²) in [5.41, 5.74) is 2.12. The maximum absolute atomic E-state index is 4.25. The molecule has 0 aliphatic carbocycles. The third-order valence-electron chi connectivity index (χ3n) is 2.39. The third-order valence-corrected chi connectivity index (χ3v) is 2.39. The summed E-state index contributed by atoms with van der Waals surface area (Å²) in [5.74, 6) is 0. The van der Waals surface area contributed by atoms with Gasteiger partial charge in [-0.25, -0.2) is 0 Å². The molecule has 0 unspecified atom stereocenters. The first-order valence-corrected chi connectivity index (χ1v) is 4.52. The molecule has 2 aliphatic heterocycles. The van der Waals surface area contributed by atoms with Gasteiger partial charge in [0.25, 0.3) is 0 Å². The monoisotopic (exact) mass is 180 g/mol. The van der Waals surface area contributed by atoms with Crippen LogP contribution in [0.3, 0.4) is 0 Å². The highest BCUT2D eigenvalue weighted by molar-refractivity contribution is 5.94. The fourth-order valence-electron chi connectivity index (χ4n) is 1.72. The Balaban J connectivity index is 2.56. The zero-order valence-electron chi connectivity index (χ0n) is 7.51. The number of hydrogen-bond donors (Lipinski definition) is 0. The van der Waals surface area contributed by atoms with E-state index in [1.807, 2.05) is 30.6 Å². The van der Waals surface area contributed by atoms with Crippen LogP contribution in [0.1, 0.15) is 0 Å². The summed E-state index contributed by atoms with van der Waals surface area (Å²) in [6, 6.07) is 10.2. The van der Waals surface area contributed by atoms with E-state index < -0.39 is 0 Å². The molecule has 0 saturated carbocycles. The lowest BCUT2D eigenvalue weighted by atomic mass is 10.1. The Kier molecular flexibility index (Phi) is 1.47. The number of benzene rings is 1. The minimum atomic E-state index is 0.950. The van der Waals surface area contributed by atoms with E-state index in [4.69, 9.17) is 0 Å². The Morgan fingerprint density at radius 3 is 2.86 bits per heavy atom. The molecule has 0 fully saturated rings. The van der Waals surface area contributed by atoms with Gasteiger partial charge in [0.05, 0.1) is 11.9 Å². The summed E-state index contributed by atoms with van der Waals surface area (Å²) in [4.78, 5) is 8.46. The minimum Gasteiger partial charge on any atom is -0.262 e. The summed E-state index contributed by atoms with van der Waals surface area (Å²) in [6.07, 6.45) is 5.49. The van der Waals surface area contributed by atoms with Gasteiger partial charge in [0.15, 0.2) is 0 Å².